The standard InChI is InChI=1S/C24H40O3/c1-15(4-11-22(26)27)19-9-10-20-18-8-6-16-5-7-17(25)14-24(16,3)21(18)12-13-23(19,20)2/h15-21,25H,4-14H2,1-3H3,(H,26,27)/t15-,16+,17?,18+,19-,20+,21+,23-,24+/m1/s1. The van der Waals surface area contributed by atoms with Crippen molar-refractivity contribution in [3.05, 3.63) is 0 Å². The van der Waals surface area contributed by atoms with Gasteiger partial charge in [-0.3, -0.25) is 4.79 Å². The van der Waals surface area contributed by atoms with Crippen molar-refractivity contribution in [1.82, 2.24) is 0 Å². The first-order valence-corrected chi connectivity index (χ1v) is 11.7. The molecule has 0 radical (unpaired) electrons. The predicted octanol–water partition coefficient (Wildman–Crippen LogP) is 5.51. The van der Waals surface area contributed by atoms with E-state index in [1.807, 2.05) is 0 Å². The van der Waals surface area contributed by atoms with Gasteiger partial charge in [-0.1, -0.05) is 20.8 Å². The summed E-state index contributed by atoms with van der Waals surface area (Å²) < 4.78 is 0. The van der Waals surface area contributed by atoms with Gasteiger partial charge in [-0.25, -0.2) is 0 Å². The van der Waals surface area contributed by atoms with Crippen molar-refractivity contribution in [3.63, 3.8) is 0 Å². The SMILES string of the molecule is C[C@H](CCC(=O)O)[C@H]1CC[C@H]2[C@@H]3CC[C@@H]4CCC(O)C[C@]4(C)[C@H]3CC[C@]12C. The van der Waals surface area contributed by atoms with Crippen LogP contribution in [0.25, 0.3) is 0 Å². The number of hydrogen-bond acceptors (Lipinski definition) is 2. The van der Waals surface area contributed by atoms with Gasteiger partial charge in [0.05, 0.1) is 6.10 Å². The fourth-order valence-corrected chi connectivity index (χ4v) is 8.86. The molecule has 0 spiro atoms. The molecule has 4 saturated carbocycles. The number of aliphatic carboxylic acids is 1. The van der Waals surface area contributed by atoms with Crippen molar-refractivity contribution in [1.29, 1.82) is 0 Å². The number of carbonyl (C=O) groups is 1. The van der Waals surface area contributed by atoms with E-state index in [1.165, 1.54) is 44.9 Å². The third kappa shape index (κ3) is 3.16. The van der Waals surface area contributed by atoms with E-state index < -0.39 is 5.97 Å². The Morgan fingerprint density at radius 1 is 1.00 bits per heavy atom. The number of fused-ring (bicyclic) bond motifs is 5. The molecular weight excluding hydrogens is 336 g/mol. The Labute approximate surface area is 165 Å². The van der Waals surface area contributed by atoms with Crippen molar-refractivity contribution in [2.75, 3.05) is 0 Å². The Bertz CT molecular complexity index is 574. The Balaban J connectivity index is 1.52. The number of aliphatic hydroxyl groups is 1. The quantitative estimate of drug-likeness (QED) is 0.680. The lowest BCUT2D eigenvalue weighted by molar-refractivity contribution is -0.138. The molecule has 2 N–H and O–H groups in total. The van der Waals surface area contributed by atoms with Gasteiger partial charge in [0.15, 0.2) is 0 Å². The molecule has 0 heterocycles. The van der Waals surface area contributed by atoms with Crippen molar-refractivity contribution < 1.29 is 15.0 Å². The summed E-state index contributed by atoms with van der Waals surface area (Å²) in [4.78, 5) is 11.0. The molecule has 4 aliphatic rings. The zero-order valence-electron chi connectivity index (χ0n) is 17.6. The maximum atomic E-state index is 11.0. The molecule has 0 amide bonds. The summed E-state index contributed by atoms with van der Waals surface area (Å²) in [5.41, 5.74) is 0.768. The van der Waals surface area contributed by atoms with Crippen LogP contribution in [0.15, 0.2) is 0 Å². The second-order valence-corrected chi connectivity index (χ2v) is 11.2. The molecule has 1 unspecified atom stereocenters. The highest BCUT2D eigenvalue weighted by Gasteiger charge is 2.60. The number of rotatable bonds is 4. The van der Waals surface area contributed by atoms with Crippen LogP contribution < -0.4 is 0 Å². The Morgan fingerprint density at radius 3 is 2.44 bits per heavy atom. The molecule has 4 aliphatic carbocycles. The summed E-state index contributed by atoms with van der Waals surface area (Å²) in [5, 5.41) is 19.5. The summed E-state index contributed by atoms with van der Waals surface area (Å²) in [7, 11) is 0. The molecule has 27 heavy (non-hydrogen) atoms. The van der Waals surface area contributed by atoms with Crippen molar-refractivity contribution in [3.8, 4) is 0 Å². The molecular formula is C24H40O3. The average molecular weight is 377 g/mol. The summed E-state index contributed by atoms with van der Waals surface area (Å²) >= 11 is 0. The molecule has 0 aromatic rings. The van der Waals surface area contributed by atoms with Crippen molar-refractivity contribution in [2.24, 2.45) is 46.3 Å². The average Bonchev–Trinajstić information content (AvgIpc) is 2.96. The molecule has 4 rings (SSSR count). The van der Waals surface area contributed by atoms with Gasteiger partial charge in [-0.2, -0.15) is 0 Å². The maximum absolute atomic E-state index is 11.0. The van der Waals surface area contributed by atoms with Crippen LogP contribution in [0.1, 0.15) is 91.4 Å². The second-order valence-electron chi connectivity index (χ2n) is 11.2. The van der Waals surface area contributed by atoms with Crippen LogP contribution in [0, 0.1) is 46.3 Å². The smallest absolute Gasteiger partial charge is 0.303 e. The number of carboxylic acid groups (broad SMARTS) is 1. The third-order valence-electron chi connectivity index (χ3n) is 10.2. The van der Waals surface area contributed by atoms with Gasteiger partial charge in [0.2, 0.25) is 0 Å². The molecule has 0 aromatic heterocycles. The van der Waals surface area contributed by atoms with Crippen LogP contribution in [0.5, 0.6) is 0 Å². The third-order valence-corrected chi connectivity index (χ3v) is 10.2. The summed E-state index contributed by atoms with van der Waals surface area (Å²) in [6.45, 7) is 7.37. The van der Waals surface area contributed by atoms with Crippen LogP contribution in [-0.4, -0.2) is 22.3 Å². The van der Waals surface area contributed by atoms with E-state index in [9.17, 15) is 9.90 Å². The monoisotopic (exact) mass is 376 g/mol. The molecule has 0 saturated heterocycles. The Kier molecular flexibility index (Phi) is 5.15. The molecule has 154 valence electrons. The Hall–Kier alpha value is -0.570. The van der Waals surface area contributed by atoms with Gasteiger partial charge in [-0.05, 0) is 111 Å². The van der Waals surface area contributed by atoms with Gasteiger partial charge in [-0.15, -0.1) is 0 Å². The van der Waals surface area contributed by atoms with Gasteiger partial charge < -0.3 is 10.2 Å². The van der Waals surface area contributed by atoms with E-state index in [0.717, 1.165) is 42.9 Å². The largest absolute Gasteiger partial charge is 0.481 e. The van der Waals surface area contributed by atoms with Gasteiger partial charge in [0, 0.05) is 6.42 Å². The highest BCUT2D eigenvalue weighted by atomic mass is 16.4. The minimum Gasteiger partial charge on any atom is -0.481 e. The van der Waals surface area contributed by atoms with Crippen LogP contribution in [0.3, 0.4) is 0 Å². The predicted molar refractivity (Wildman–Crippen MR) is 107 cm³/mol. The number of carboxylic acids is 1. The summed E-state index contributed by atoms with van der Waals surface area (Å²) in [6.07, 6.45) is 12.4. The van der Waals surface area contributed by atoms with Gasteiger partial charge in [0.1, 0.15) is 0 Å². The lowest BCUT2D eigenvalue weighted by Gasteiger charge is -2.61. The topological polar surface area (TPSA) is 57.5 Å². The van der Waals surface area contributed by atoms with Gasteiger partial charge in [0.25, 0.3) is 0 Å². The van der Waals surface area contributed by atoms with Crippen LogP contribution >= 0.6 is 0 Å². The molecule has 4 fully saturated rings. The van der Waals surface area contributed by atoms with Crippen LogP contribution in [0.2, 0.25) is 0 Å². The highest BCUT2D eigenvalue weighted by Crippen LogP contribution is 2.68. The van der Waals surface area contributed by atoms with Crippen LogP contribution in [0.4, 0.5) is 0 Å². The van der Waals surface area contributed by atoms with E-state index in [1.54, 1.807) is 0 Å². The minimum atomic E-state index is -0.646. The van der Waals surface area contributed by atoms with E-state index in [0.29, 0.717) is 29.1 Å². The van der Waals surface area contributed by atoms with Gasteiger partial charge >= 0.3 is 5.97 Å². The highest BCUT2D eigenvalue weighted by molar-refractivity contribution is 5.66. The molecule has 3 heteroatoms. The normalized spacial score (nSPS) is 50.4. The van der Waals surface area contributed by atoms with E-state index in [2.05, 4.69) is 20.8 Å². The fraction of sp³-hybridized carbons (Fsp3) is 0.958. The zero-order valence-corrected chi connectivity index (χ0v) is 17.6. The number of hydrogen-bond donors (Lipinski definition) is 2. The Morgan fingerprint density at radius 2 is 1.70 bits per heavy atom. The van der Waals surface area contributed by atoms with E-state index >= 15 is 0 Å². The molecule has 0 aromatic carbocycles. The van der Waals surface area contributed by atoms with Crippen LogP contribution in [-0.2, 0) is 4.79 Å². The lowest BCUT2D eigenvalue weighted by Crippen LogP contribution is -2.54. The van der Waals surface area contributed by atoms with Crippen molar-refractivity contribution in [2.45, 2.75) is 97.5 Å². The molecule has 0 bridgehead atoms. The first-order chi connectivity index (χ1) is 12.8. The second kappa shape index (κ2) is 7.04. The zero-order chi connectivity index (χ0) is 19.4. The molecule has 3 nitrogen and oxygen atoms in total. The fourth-order valence-electron chi connectivity index (χ4n) is 8.86. The molecule has 0 aliphatic heterocycles. The van der Waals surface area contributed by atoms with E-state index in [-0.39, 0.29) is 6.10 Å². The summed E-state index contributed by atoms with van der Waals surface area (Å²) in [5.74, 6) is 3.88. The minimum absolute atomic E-state index is 0.0781. The first kappa shape index (κ1) is 19.7. The van der Waals surface area contributed by atoms with E-state index in [4.69, 9.17) is 5.11 Å². The summed E-state index contributed by atoms with van der Waals surface area (Å²) in [6, 6.07) is 0. The first-order valence-electron chi connectivity index (χ1n) is 11.7. The van der Waals surface area contributed by atoms with Crippen molar-refractivity contribution >= 4 is 5.97 Å². The maximum Gasteiger partial charge on any atom is 0.303 e. The molecule has 9 atom stereocenters. The lowest BCUT2D eigenvalue weighted by atomic mass is 9.44. The number of aliphatic hydroxyl groups excluding tert-OH is 1.